The van der Waals surface area contributed by atoms with Gasteiger partial charge >= 0.3 is 12.1 Å². The molecule has 182 valence electrons. The second-order valence-electron chi connectivity index (χ2n) is 7.08. The number of hydrogen-bond donors (Lipinski definition) is 3. The van der Waals surface area contributed by atoms with Crippen LogP contribution in [0.4, 0.5) is 24.7 Å². The second kappa shape index (κ2) is 8.79. The Morgan fingerprint density at radius 2 is 1.97 bits per heavy atom. The largest absolute Gasteiger partial charge is 0.493 e. The first-order chi connectivity index (χ1) is 16.5. The Morgan fingerprint density at radius 3 is 2.60 bits per heavy atom. The third-order valence-corrected chi connectivity index (χ3v) is 5.21. The number of nitrogen functional groups attached to an aromatic ring is 2. The van der Waals surface area contributed by atoms with E-state index < -0.39 is 24.6 Å². The maximum absolute atomic E-state index is 12.9. The molecule has 0 radical (unpaired) electrons. The normalized spacial score (nSPS) is 11.6. The van der Waals surface area contributed by atoms with Crippen LogP contribution in [-0.2, 0) is 9.63 Å². The quantitative estimate of drug-likeness (QED) is 0.275. The summed E-state index contributed by atoms with van der Waals surface area (Å²) in [6, 6.07) is 2.42. The molecule has 0 saturated heterocycles. The van der Waals surface area contributed by atoms with Gasteiger partial charge in [-0.25, -0.2) is 4.79 Å². The minimum atomic E-state index is -5.30. The molecule has 1 aromatic carbocycles. The number of pyridine rings is 1. The van der Waals surface area contributed by atoms with Crippen molar-refractivity contribution in [3.05, 3.63) is 41.3 Å². The number of alkyl halides is 3. The summed E-state index contributed by atoms with van der Waals surface area (Å²) < 4.78 is 43.2. The monoisotopic (exact) mass is 509 g/mol. The standard InChI is InChI=1S/C20H15ClF3N7O4/c1-2-31(35-19(33)20(22,23)24)18(32)10-3-9(12(21)4-13(10)25)15-14-16(34-30-17(14)26)11(7-27-15)8-5-28-29-6-8/h3-7H,2,25H2,1H3,(H2,26,30)(H,28,29). The minimum absolute atomic E-state index is 0.0251. The van der Waals surface area contributed by atoms with E-state index in [1.54, 1.807) is 6.20 Å². The van der Waals surface area contributed by atoms with Crippen molar-refractivity contribution in [1.29, 1.82) is 0 Å². The Balaban J connectivity index is 1.82. The number of rotatable bonds is 4. The van der Waals surface area contributed by atoms with Gasteiger partial charge in [0.2, 0.25) is 0 Å². The average Bonchev–Trinajstić information content (AvgIpc) is 3.47. The molecule has 1 amide bonds. The molecule has 4 aromatic rings. The zero-order valence-electron chi connectivity index (χ0n) is 17.7. The summed E-state index contributed by atoms with van der Waals surface area (Å²) in [5.41, 5.74) is 13.2. The Hall–Kier alpha value is -4.33. The molecule has 0 fully saturated rings. The van der Waals surface area contributed by atoms with Crippen LogP contribution in [-0.4, -0.2) is 50.0 Å². The molecule has 3 heterocycles. The smallest absolute Gasteiger partial charge is 0.398 e. The van der Waals surface area contributed by atoms with Crippen LogP contribution in [0.3, 0.4) is 0 Å². The summed E-state index contributed by atoms with van der Waals surface area (Å²) in [4.78, 5) is 32.8. The third-order valence-electron chi connectivity index (χ3n) is 4.89. The van der Waals surface area contributed by atoms with Gasteiger partial charge in [-0.05, 0) is 19.1 Å². The van der Waals surface area contributed by atoms with E-state index in [1.807, 2.05) is 0 Å². The number of aromatic amines is 1. The zero-order chi connectivity index (χ0) is 25.5. The van der Waals surface area contributed by atoms with Crippen molar-refractivity contribution in [2.75, 3.05) is 18.0 Å². The lowest BCUT2D eigenvalue weighted by atomic mass is 10.0. The molecule has 0 spiro atoms. The van der Waals surface area contributed by atoms with Crippen LogP contribution in [0.15, 0.2) is 35.2 Å². The number of carbonyl (C=O) groups is 2. The number of nitrogens with zero attached hydrogens (tertiary/aromatic N) is 4. The van der Waals surface area contributed by atoms with E-state index >= 15 is 0 Å². The van der Waals surface area contributed by atoms with E-state index in [2.05, 4.69) is 25.2 Å². The first-order valence-electron chi connectivity index (χ1n) is 9.76. The maximum Gasteiger partial charge on any atom is 0.493 e. The fourth-order valence-electron chi connectivity index (χ4n) is 3.27. The van der Waals surface area contributed by atoms with Gasteiger partial charge in [0, 0.05) is 34.8 Å². The van der Waals surface area contributed by atoms with Crippen LogP contribution in [0.1, 0.15) is 17.3 Å². The number of hydroxylamine groups is 2. The lowest BCUT2D eigenvalue weighted by molar-refractivity contribution is -0.228. The number of anilines is 2. The van der Waals surface area contributed by atoms with Crippen LogP contribution in [0.5, 0.6) is 0 Å². The number of H-pyrrole nitrogens is 1. The Morgan fingerprint density at radius 1 is 1.23 bits per heavy atom. The summed E-state index contributed by atoms with van der Waals surface area (Å²) in [5, 5.41) is 10.9. The summed E-state index contributed by atoms with van der Waals surface area (Å²) >= 11 is 6.37. The summed E-state index contributed by atoms with van der Waals surface area (Å²) in [6.07, 6.45) is -0.722. The number of halogens is 4. The van der Waals surface area contributed by atoms with Gasteiger partial charge in [0.15, 0.2) is 11.4 Å². The molecule has 0 bridgehead atoms. The molecule has 11 nitrogen and oxygen atoms in total. The fourth-order valence-corrected chi connectivity index (χ4v) is 3.53. The van der Waals surface area contributed by atoms with Crippen molar-refractivity contribution in [2.24, 2.45) is 0 Å². The highest BCUT2D eigenvalue weighted by Crippen LogP contribution is 2.40. The van der Waals surface area contributed by atoms with E-state index in [0.717, 1.165) is 0 Å². The first kappa shape index (κ1) is 23.8. The molecule has 0 aliphatic carbocycles. The Kier molecular flexibility index (Phi) is 5.98. The number of nitrogens with two attached hydrogens (primary N) is 2. The molecule has 5 N–H and O–H groups in total. The van der Waals surface area contributed by atoms with E-state index in [-0.39, 0.29) is 49.4 Å². The molecule has 0 aliphatic heterocycles. The van der Waals surface area contributed by atoms with E-state index in [1.165, 1.54) is 31.5 Å². The van der Waals surface area contributed by atoms with Crippen molar-refractivity contribution in [2.45, 2.75) is 13.1 Å². The first-order valence-corrected chi connectivity index (χ1v) is 10.1. The fraction of sp³-hybridized carbons (Fsp3) is 0.150. The van der Waals surface area contributed by atoms with Crippen molar-refractivity contribution in [3.63, 3.8) is 0 Å². The van der Waals surface area contributed by atoms with Crippen LogP contribution in [0, 0.1) is 0 Å². The van der Waals surface area contributed by atoms with Crippen LogP contribution < -0.4 is 11.5 Å². The van der Waals surface area contributed by atoms with Gasteiger partial charge < -0.3 is 20.8 Å². The van der Waals surface area contributed by atoms with E-state index in [0.29, 0.717) is 11.1 Å². The number of nitrogens with one attached hydrogen (secondary N) is 1. The van der Waals surface area contributed by atoms with Crippen molar-refractivity contribution < 1.29 is 32.1 Å². The number of benzene rings is 1. The molecule has 35 heavy (non-hydrogen) atoms. The number of aromatic nitrogens is 4. The molecule has 0 saturated carbocycles. The van der Waals surface area contributed by atoms with Crippen molar-refractivity contribution >= 4 is 46.0 Å². The molecular weight excluding hydrogens is 495 g/mol. The SMILES string of the molecule is CCN(OC(=O)C(F)(F)F)C(=O)c1cc(-c2ncc(-c3cn[nH]c3)c3onc(N)c23)c(Cl)cc1N. The highest BCUT2D eigenvalue weighted by Gasteiger charge is 2.43. The molecular formula is C20H15ClF3N7O4. The summed E-state index contributed by atoms with van der Waals surface area (Å²) in [6.45, 7) is 0.921. The number of fused-ring (bicyclic) bond motifs is 1. The minimum Gasteiger partial charge on any atom is -0.398 e. The Labute approximate surface area is 198 Å². The third kappa shape index (κ3) is 4.30. The Bertz CT molecular complexity index is 1440. The van der Waals surface area contributed by atoms with Gasteiger partial charge in [-0.2, -0.15) is 23.3 Å². The average molecular weight is 510 g/mol. The number of carbonyl (C=O) groups excluding carboxylic acids is 2. The highest BCUT2D eigenvalue weighted by molar-refractivity contribution is 6.34. The molecule has 15 heteroatoms. The highest BCUT2D eigenvalue weighted by atomic mass is 35.5. The number of amides is 1. The molecule has 0 unspecified atom stereocenters. The van der Waals surface area contributed by atoms with Gasteiger partial charge in [0.05, 0.1) is 34.4 Å². The molecule has 0 aliphatic rings. The summed E-state index contributed by atoms with van der Waals surface area (Å²) in [5.74, 6) is -3.69. The van der Waals surface area contributed by atoms with E-state index in [9.17, 15) is 22.8 Å². The van der Waals surface area contributed by atoms with Gasteiger partial charge in [-0.1, -0.05) is 16.8 Å². The van der Waals surface area contributed by atoms with E-state index in [4.69, 9.17) is 27.6 Å². The molecule has 4 rings (SSSR count). The van der Waals surface area contributed by atoms with Gasteiger partial charge in [0.1, 0.15) is 0 Å². The maximum atomic E-state index is 12.9. The van der Waals surface area contributed by atoms with Crippen LogP contribution in [0.2, 0.25) is 5.02 Å². The lowest BCUT2D eigenvalue weighted by Gasteiger charge is -2.21. The summed E-state index contributed by atoms with van der Waals surface area (Å²) in [7, 11) is 0. The molecule has 3 aromatic heterocycles. The van der Waals surface area contributed by atoms with Crippen LogP contribution >= 0.6 is 11.6 Å². The van der Waals surface area contributed by atoms with Gasteiger partial charge in [-0.15, -0.1) is 0 Å². The van der Waals surface area contributed by atoms with Gasteiger partial charge in [0.25, 0.3) is 5.91 Å². The predicted molar refractivity (Wildman–Crippen MR) is 118 cm³/mol. The lowest BCUT2D eigenvalue weighted by Crippen LogP contribution is -2.38. The molecule has 0 atom stereocenters. The van der Waals surface area contributed by atoms with Crippen molar-refractivity contribution in [3.8, 4) is 22.4 Å². The topological polar surface area (TPSA) is 166 Å². The predicted octanol–water partition coefficient (Wildman–Crippen LogP) is 3.58. The van der Waals surface area contributed by atoms with Crippen LogP contribution in [0.25, 0.3) is 33.4 Å². The second-order valence-corrected chi connectivity index (χ2v) is 7.48. The number of hydrogen-bond acceptors (Lipinski definition) is 9. The van der Waals surface area contributed by atoms with Gasteiger partial charge in [-0.3, -0.25) is 14.9 Å². The van der Waals surface area contributed by atoms with Crippen molar-refractivity contribution in [1.82, 2.24) is 25.4 Å². The zero-order valence-corrected chi connectivity index (χ0v) is 18.4.